The molecule has 0 heteroatoms. The molecular formula is C16H21. The van der Waals surface area contributed by atoms with E-state index in [1.807, 2.05) is 0 Å². The van der Waals surface area contributed by atoms with Crippen molar-refractivity contribution in [3.63, 3.8) is 0 Å². The predicted molar refractivity (Wildman–Crippen MR) is 70.0 cm³/mol. The highest BCUT2D eigenvalue weighted by molar-refractivity contribution is 5.39. The van der Waals surface area contributed by atoms with E-state index >= 15 is 0 Å². The molecule has 0 spiro atoms. The van der Waals surface area contributed by atoms with Gasteiger partial charge in [0.15, 0.2) is 0 Å². The van der Waals surface area contributed by atoms with Crippen molar-refractivity contribution in [2.24, 2.45) is 0 Å². The quantitative estimate of drug-likeness (QED) is 0.505. The van der Waals surface area contributed by atoms with Crippen LogP contribution in [-0.4, -0.2) is 0 Å². The minimum absolute atomic E-state index is 0.811. The Morgan fingerprint density at radius 3 is 2.38 bits per heavy atom. The van der Waals surface area contributed by atoms with E-state index in [1.54, 1.807) is 0 Å². The molecule has 0 unspecified atom stereocenters. The molecule has 0 N–H and O–H groups in total. The number of rotatable bonds is 5. The van der Waals surface area contributed by atoms with Crippen molar-refractivity contribution in [2.75, 3.05) is 0 Å². The summed E-state index contributed by atoms with van der Waals surface area (Å²) in [6.07, 6.45) is 12.4. The zero-order valence-corrected chi connectivity index (χ0v) is 10.7. The molecule has 0 aliphatic heterocycles. The van der Waals surface area contributed by atoms with Crippen LogP contribution >= 0.6 is 0 Å². The molecule has 16 heavy (non-hydrogen) atoms. The number of hydrogen-bond donors (Lipinski definition) is 0. The maximum Gasteiger partial charge on any atom is 0.00989 e. The van der Waals surface area contributed by atoms with Crippen LogP contribution in [0, 0.1) is 33.1 Å². The number of benzene rings is 1. The van der Waals surface area contributed by atoms with Gasteiger partial charge in [-0.15, -0.1) is 0 Å². The summed E-state index contributed by atoms with van der Waals surface area (Å²) in [6, 6.07) is 4.43. The van der Waals surface area contributed by atoms with E-state index in [4.69, 9.17) is 6.42 Å². The standard InChI is InChI=1S/C16H21/c1-5-6-7-8-9-10-16-14(3)12-11-13(2)15(16)4/h11-12H,6-10H2,2-4H3. The van der Waals surface area contributed by atoms with Gasteiger partial charge in [-0.25, -0.2) is 0 Å². The molecule has 1 radical (unpaired) electrons. The molecule has 0 bridgehead atoms. The summed E-state index contributed by atoms with van der Waals surface area (Å²) >= 11 is 0. The van der Waals surface area contributed by atoms with Gasteiger partial charge in [0.25, 0.3) is 0 Å². The highest BCUT2D eigenvalue weighted by atomic mass is 14.1. The summed E-state index contributed by atoms with van der Waals surface area (Å²) in [6.45, 7) is 6.61. The van der Waals surface area contributed by atoms with E-state index < -0.39 is 0 Å². The summed E-state index contributed by atoms with van der Waals surface area (Å²) in [5.74, 6) is 2.45. The fourth-order valence-electron chi connectivity index (χ4n) is 2.09. The van der Waals surface area contributed by atoms with Crippen molar-refractivity contribution in [3.05, 3.63) is 40.8 Å². The van der Waals surface area contributed by atoms with Crippen molar-refractivity contribution >= 4 is 0 Å². The van der Waals surface area contributed by atoms with Gasteiger partial charge in [0, 0.05) is 6.42 Å². The first-order valence-corrected chi connectivity index (χ1v) is 6.12. The minimum Gasteiger partial charge on any atom is -0.0891 e. The molecule has 0 saturated heterocycles. The fourth-order valence-corrected chi connectivity index (χ4v) is 2.09. The van der Waals surface area contributed by atoms with Gasteiger partial charge < -0.3 is 0 Å². The van der Waals surface area contributed by atoms with Crippen LogP contribution in [0.2, 0.25) is 0 Å². The molecule has 1 aromatic carbocycles. The first-order chi connectivity index (χ1) is 7.66. The first kappa shape index (κ1) is 12.8. The Kier molecular flexibility index (Phi) is 5.12. The van der Waals surface area contributed by atoms with Gasteiger partial charge in [0.1, 0.15) is 0 Å². The topological polar surface area (TPSA) is 0 Å². The first-order valence-electron chi connectivity index (χ1n) is 6.12. The summed E-state index contributed by atoms with van der Waals surface area (Å²) in [4.78, 5) is 0. The lowest BCUT2D eigenvalue weighted by Crippen LogP contribution is -1.96. The molecule has 1 aromatic rings. The van der Waals surface area contributed by atoms with Crippen molar-refractivity contribution in [2.45, 2.75) is 52.9 Å². The van der Waals surface area contributed by atoms with Crippen LogP contribution < -0.4 is 0 Å². The van der Waals surface area contributed by atoms with Crippen LogP contribution in [0.25, 0.3) is 0 Å². The summed E-state index contributed by atoms with van der Waals surface area (Å²) in [5.41, 5.74) is 5.80. The molecule has 0 aliphatic carbocycles. The highest BCUT2D eigenvalue weighted by Crippen LogP contribution is 2.20. The molecule has 85 valence electrons. The van der Waals surface area contributed by atoms with Gasteiger partial charge in [-0.1, -0.05) is 24.5 Å². The fraction of sp³-hybridized carbons (Fsp3) is 0.500. The molecule has 0 aliphatic rings. The molecule has 0 atom stereocenters. The molecule has 1 rings (SSSR count). The molecule has 0 nitrogen and oxygen atoms in total. The second kappa shape index (κ2) is 6.38. The Morgan fingerprint density at radius 1 is 1.00 bits per heavy atom. The Bertz CT molecular complexity index is 380. The Hall–Kier alpha value is -1.22. The lowest BCUT2D eigenvalue weighted by molar-refractivity contribution is 0.689. The Morgan fingerprint density at radius 2 is 1.69 bits per heavy atom. The van der Waals surface area contributed by atoms with Crippen molar-refractivity contribution in [1.29, 1.82) is 0 Å². The minimum atomic E-state index is 0.811. The van der Waals surface area contributed by atoms with Crippen LogP contribution in [0.15, 0.2) is 12.1 Å². The zero-order chi connectivity index (χ0) is 12.0. The third-order valence-electron chi connectivity index (χ3n) is 3.33. The monoisotopic (exact) mass is 213 g/mol. The maximum absolute atomic E-state index is 6.85. The normalized spacial score (nSPS) is 10.1. The molecular weight excluding hydrogens is 192 g/mol. The van der Waals surface area contributed by atoms with E-state index in [9.17, 15) is 0 Å². The van der Waals surface area contributed by atoms with E-state index in [0.717, 1.165) is 12.8 Å². The van der Waals surface area contributed by atoms with E-state index in [-0.39, 0.29) is 0 Å². The van der Waals surface area contributed by atoms with Crippen molar-refractivity contribution < 1.29 is 0 Å². The maximum atomic E-state index is 6.85. The van der Waals surface area contributed by atoms with Crippen LogP contribution in [0.3, 0.4) is 0 Å². The predicted octanol–water partition coefficient (Wildman–Crippen LogP) is 4.30. The van der Waals surface area contributed by atoms with Crippen molar-refractivity contribution in [1.82, 2.24) is 0 Å². The van der Waals surface area contributed by atoms with E-state index in [1.165, 1.54) is 41.5 Å². The Labute approximate surface area is 100 Å². The molecule has 0 amide bonds. The number of unbranched alkanes of at least 4 members (excludes halogenated alkanes) is 3. The van der Waals surface area contributed by atoms with Gasteiger partial charge in [-0.2, -0.15) is 0 Å². The van der Waals surface area contributed by atoms with Crippen LogP contribution in [0.5, 0.6) is 0 Å². The lowest BCUT2D eigenvalue weighted by Gasteiger charge is -2.12. The largest absolute Gasteiger partial charge is 0.0891 e. The third kappa shape index (κ3) is 3.42. The smallest absolute Gasteiger partial charge is 0.00989 e. The molecule has 0 aromatic heterocycles. The average molecular weight is 213 g/mol. The summed E-state index contributed by atoms with van der Waals surface area (Å²) in [5, 5.41) is 0. The highest BCUT2D eigenvalue weighted by Gasteiger charge is 2.04. The SMILES string of the molecule is [C]#CCCCCCc1c(C)ccc(C)c1C. The van der Waals surface area contributed by atoms with Gasteiger partial charge >= 0.3 is 0 Å². The second-order valence-corrected chi connectivity index (χ2v) is 4.54. The van der Waals surface area contributed by atoms with Gasteiger partial charge in [0.05, 0.1) is 0 Å². The number of hydrogen-bond acceptors (Lipinski definition) is 0. The molecule has 0 saturated carbocycles. The lowest BCUT2D eigenvalue weighted by atomic mass is 9.94. The van der Waals surface area contributed by atoms with Gasteiger partial charge in [-0.3, -0.25) is 0 Å². The average Bonchev–Trinajstić information content (AvgIpc) is 2.28. The van der Waals surface area contributed by atoms with Gasteiger partial charge in [0.2, 0.25) is 0 Å². The van der Waals surface area contributed by atoms with E-state index in [2.05, 4.69) is 38.8 Å². The van der Waals surface area contributed by atoms with Crippen molar-refractivity contribution in [3.8, 4) is 5.92 Å². The Balaban J connectivity index is 2.54. The summed E-state index contributed by atoms with van der Waals surface area (Å²) in [7, 11) is 0. The third-order valence-corrected chi connectivity index (χ3v) is 3.33. The molecule has 0 fully saturated rings. The van der Waals surface area contributed by atoms with Crippen LogP contribution in [0.1, 0.15) is 47.9 Å². The van der Waals surface area contributed by atoms with Gasteiger partial charge in [-0.05, 0) is 68.7 Å². The number of aryl methyl sites for hydroxylation is 2. The van der Waals surface area contributed by atoms with Crippen LogP contribution in [0.4, 0.5) is 0 Å². The second-order valence-electron chi connectivity index (χ2n) is 4.54. The van der Waals surface area contributed by atoms with Crippen LogP contribution in [-0.2, 0) is 6.42 Å². The zero-order valence-electron chi connectivity index (χ0n) is 10.7. The molecule has 0 heterocycles. The van der Waals surface area contributed by atoms with E-state index in [0.29, 0.717) is 0 Å². The summed E-state index contributed by atoms with van der Waals surface area (Å²) < 4.78 is 0.